The van der Waals surface area contributed by atoms with E-state index in [1.807, 2.05) is 6.92 Å². The summed E-state index contributed by atoms with van der Waals surface area (Å²) in [5, 5.41) is 4.35. The van der Waals surface area contributed by atoms with E-state index in [1.54, 1.807) is 48.7 Å². The van der Waals surface area contributed by atoms with Crippen LogP contribution in [0.15, 0.2) is 60.8 Å². The molecule has 0 aliphatic rings. The number of rotatable bonds is 11. The fourth-order valence-corrected chi connectivity index (χ4v) is 4.58. The average molecular weight is 563 g/mol. The minimum absolute atomic E-state index is 0.137. The van der Waals surface area contributed by atoms with Crippen LogP contribution in [0.1, 0.15) is 27.5 Å². The zero-order valence-corrected chi connectivity index (χ0v) is 22.1. The van der Waals surface area contributed by atoms with Gasteiger partial charge in [0.2, 0.25) is 0 Å². The van der Waals surface area contributed by atoms with Gasteiger partial charge < -0.3 is 29.6 Å². The van der Waals surface area contributed by atoms with E-state index in [2.05, 4.69) is 14.8 Å². The number of nitrogens with one attached hydrogen (secondary N) is 2. The van der Waals surface area contributed by atoms with E-state index >= 15 is 0 Å². The molecule has 0 aliphatic carbocycles. The Labute approximate surface area is 222 Å². The highest BCUT2D eigenvalue weighted by molar-refractivity contribution is 7.46. The smallest absolute Gasteiger partial charge is 0.469 e. The maximum Gasteiger partial charge on any atom is 0.469 e. The van der Waals surface area contributed by atoms with Crippen LogP contribution >= 0.6 is 19.4 Å². The largest absolute Gasteiger partial charge is 0.497 e. The first-order chi connectivity index (χ1) is 18.0. The van der Waals surface area contributed by atoms with E-state index in [4.69, 9.17) is 30.9 Å². The number of Topliss-reactive ketones (excluding diaryl/α,β-unsaturated/α-hetero) is 1. The number of aromatic amines is 1. The van der Waals surface area contributed by atoms with Crippen molar-refractivity contribution in [2.24, 2.45) is 0 Å². The molecule has 0 bridgehead atoms. The van der Waals surface area contributed by atoms with Crippen molar-refractivity contribution in [1.29, 1.82) is 0 Å². The van der Waals surface area contributed by atoms with Crippen LogP contribution in [0, 0.1) is 12.7 Å². The number of hydrogen-bond acceptors (Lipinski definition) is 6. The first kappa shape index (κ1) is 27.6. The van der Waals surface area contributed by atoms with Crippen molar-refractivity contribution in [1.82, 2.24) is 4.98 Å². The number of carbonyl (C=O) groups excluding carboxylic acids is 1. The molecule has 0 radical (unpaired) electrons. The van der Waals surface area contributed by atoms with Crippen molar-refractivity contribution in [3.05, 3.63) is 88.3 Å². The highest BCUT2D eigenvalue weighted by Gasteiger charge is 2.26. The molecule has 1 heterocycles. The van der Waals surface area contributed by atoms with Crippen molar-refractivity contribution >= 4 is 41.8 Å². The van der Waals surface area contributed by atoms with Gasteiger partial charge in [-0.2, -0.15) is 0 Å². The van der Waals surface area contributed by atoms with Crippen molar-refractivity contribution in [2.75, 3.05) is 25.6 Å². The van der Waals surface area contributed by atoms with Gasteiger partial charge in [0.1, 0.15) is 30.0 Å². The number of methoxy groups -OCH3 is 1. The SMILES string of the molecule is COc1cc(NC(C(=O)c2c[nH]c3cc(F)ccc23)c2ccc(Cl)cc2C)cc(OCCOP(=O)(O)O)c1. The van der Waals surface area contributed by atoms with Gasteiger partial charge in [-0.25, -0.2) is 8.96 Å². The number of halogens is 2. The van der Waals surface area contributed by atoms with Gasteiger partial charge in [0, 0.05) is 51.6 Å². The molecule has 0 fully saturated rings. The molecule has 12 heteroatoms. The minimum Gasteiger partial charge on any atom is -0.497 e. The number of phosphoric acid groups is 1. The first-order valence-electron chi connectivity index (χ1n) is 11.4. The molecule has 1 unspecified atom stereocenters. The number of fused-ring (bicyclic) bond motifs is 1. The summed E-state index contributed by atoms with van der Waals surface area (Å²) < 4.78 is 40.0. The van der Waals surface area contributed by atoms with Crippen LogP contribution in [0.25, 0.3) is 10.9 Å². The first-order valence-corrected chi connectivity index (χ1v) is 13.3. The number of hydrogen-bond donors (Lipinski definition) is 4. The second kappa shape index (κ2) is 11.6. The zero-order valence-electron chi connectivity index (χ0n) is 20.4. The van der Waals surface area contributed by atoms with E-state index in [9.17, 15) is 13.8 Å². The van der Waals surface area contributed by atoms with Crippen LogP contribution in [0.5, 0.6) is 11.5 Å². The summed E-state index contributed by atoms with van der Waals surface area (Å²) in [6, 6.07) is 13.4. The van der Waals surface area contributed by atoms with Gasteiger partial charge in [-0.1, -0.05) is 17.7 Å². The fourth-order valence-electron chi connectivity index (χ4n) is 4.04. The number of phosphoric ester groups is 1. The standard InChI is InChI=1S/C26H25ClFN2O7P/c1-15-9-16(27)3-5-21(15)25(26(31)23-14-29-24-10-17(28)4-6-22(23)24)30-18-11-19(35-2)13-20(12-18)36-7-8-37-38(32,33)34/h3-6,9-14,25,29-30H,7-8H2,1-2H3,(H2,32,33,34). The van der Waals surface area contributed by atoms with Crippen molar-refractivity contribution < 1.29 is 37.5 Å². The third-order valence-corrected chi connectivity index (χ3v) is 6.51. The number of aromatic nitrogens is 1. The lowest BCUT2D eigenvalue weighted by atomic mass is 9.93. The van der Waals surface area contributed by atoms with Gasteiger partial charge in [0.15, 0.2) is 5.78 Å². The van der Waals surface area contributed by atoms with Gasteiger partial charge in [0.25, 0.3) is 0 Å². The van der Waals surface area contributed by atoms with Crippen molar-refractivity contribution in [2.45, 2.75) is 13.0 Å². The van der Waals surface area contributed by atoms with Crippen molar-refractivity contribution in [3.8, 4) is 11.5 Å². The van der Waals surface area contributed by atoms with Gasteiger partial charge >= 0.3 is 7.82 Å². The molecule has 0 amide bonds. The number of ether oxygens (including phenoxy) is 2. The van der Waals surface area contributed by atoms with E-state index in [0.29, 0.717) is 44.2 Å². The Morgan fingerprint density at radius 2 is 1.87 bits per heavy atom. The van der Waals surface area contributed by atoms with Crippen LogP contribution in [0.3, 0.4) is 0 Å². The predicted octanol–water partition coefficient (Wildman–Crippen LogP) is 5.80. The Kier molecular flexibility index (Phi) is 8.40. The lowest BCUT2D eigenvalue weighted by molar-refractivity contribution is 0.0970. The van der Waals surface area contributed by atoms with Gasteiger partial charge in [-0.3, -0.25) is 9.32 Å². The molecule has 0 spiro atoms. The van der Waals surface area contributed by atoms with Gasteiger partial charge in [-0.05, 0) is 48.4 Å². The highest BCUT2D eigenvalue weighted by Crippen LogP contribution is 2.36. The van der Waals surface area contributed by atoms with Gasteiger partial charge in [0.05, 0.1) is 13.7 Å². The number of H-pyrrole nitrogens is 1. The lowest BCUT2D eigenvalue weighted by Crippen LogP contribution is -2.22. The van der Waals surface area contributed by atoms with Crippen LogP contribution in [-0.2, 0) is 9.09 Å². The third-order valence-electron chi connectivity index (χ3n) is 5.75. The molecule has 3 aromatic carbocycles. The van der Waals surface area contributed by atoms with Crippen molar-refractivity contribution in [3.63, 3.8) is 0 Å². The third kappa shape index (κ3) is 6.72. The Hall–Kier alpha value is -3.40. The molecule has 1 atom stereocenters. The lowest BCUT2D eigenvalue weighted by Gasteiger charge is -2.22. The minimum atomic E-state index is -4.62. The maximum absolute atomic E-state index is 13.9. The Morgan fingerprint density at radius 1 is 1.11 bits per heavy atom. The monoisotopic (exact) mass is 562 g/mol. The number of benzene rings is 3. The molecule has 4 aromatic rings. The summed E-state index contributed by atoms with van der Waals surface area (Å²) in [4.78, 5) is 34.6. The summed E-state index contributed by atoms with van der Waals surface area (Å²) in [5.74, 6) is 0.0514. The second-order valence-corrected chi connectivity index (χ2v) is 10.1. The van der Waals surface area contributed by atoms with Crippen LogP contribution in [0.2, 0.25) is 5.02 Å². The van der Waals surface area contributed by atoms with E-state index in [1.165, 1.54) is 19.2 Å². The fraction of sp³-hybridized carbons (Fsp3) is 0.192. The molecule has 200 valence electrons. The Bertz CT molecular complexity index is 1520. The highest BCUT2D eigenvalue weighted by atomic mass is 35.5. The summed E-state index contributed by atoms with van der Waals surface area (Å²) in [6.07, 6.45) is 1.55. The molecule has 0 saturated carbocycles. The topological polar surface area (TPSA) is 130 Å². The number of ketones is 1. The molecule has 4 N–H and O–H groups in total. The van der Waals surface area contributed by atoms with Crippen LogP contribution in [-0.4, -0.2) is 40.9 Å². The molecular weight excluding hydrogens is 538 g/mol. The Morgan fingerprint density at radius 3 is 2.58 bits per heavy atom. The van der Waals surface area contributed by atoms with Crippen LogP contribution < -0.4 is 14.8 Å². The molecule has 38 heavy (non-hydrogen) atoms. The summed E-state index contributed by atoms with van der Waals surface area (Å²) in [5.41, 5.74) is 2.81. The number of aryl methyl sites for hydroxylation is 1. The predicted molar refractivity (Wildman–Crippen MR) is 142 cm³/mol. The second-order valence-electron chi connectivity index (χ2n) is 8.40. The maximum atomic E-state index is 13.9. The summed E-state index contributed by atoms with van der Waals surface area (Å²) in [7, 11) is -3.15. The molecule has 9 nitrogen and oxygen atoms in total. The van der Waals surface area contributed by atoms with E-state index in [0.717, 1.165) is 5.56 Å². The number of anilines is 1. The molecule has 4 rings (SSSR count). The molecule has 0 aliphatic heterocycles. The average Bonchev–Trinajstić information content (AvgIpc) is 3.27. The molecule has 0 saturated heterocycles. The van der Waals surface area contributed by atoms with E-state index in [-0.39, 0.29) is 19.0 Å². The number of carbonyl (C=O) groups is 1. The van der Waals surface area contributed by atoms with Gasteiger partial charge in [-0.15, -0.1) is 0 Å². The molecular formula is C26H25ClFN2O7P. The van der Waals surface area contributed by atoms with Crippen LogP contribution in [0.4, 0.5) is 10.1 Å². The normalized spacial score (nSPS) is 12.4. The Balaban J connectivity index is 1.68. The quantitative estimate of drug-likeness (QED) is 0.102. The summed E-state index contributed by atoms with van der Waals surface area (Å²) >= 11 is 6.16. The molecule has 1 aromatic heterocycles. The summed E-state index contributed by atoms with van der Waals surface area (Å²) in [6.45, 7) is 1.37. The zero-order chi connectivity index (χ0) is 27.4. The van der Waals surface area contributed by atoms with E-state index < -0.39 is 19.7 Å².